The lowest BCUT2D eigenvalue weighted by atomic mass is 10.2. The van der Waals surface area contributed by atoms with Gasteiger partial charge >= 0.3 is 0 Å². The molecule has 0 bridgehead atoms. The van der Waals surface area contributed by atoms with Crippen LogP contribution in [0.5, 0.6) is 0 Å². The van der Waals surface area contributed by atoms with Crippen LogP contribution in [0.2, 0.25) is 5.02 Å². The second-order valence-corrected chi connectivity index (χ2v) is 5.54. The molecule has 0 aliphatic rings. The van der Waals surface area contributed by atoms with Crippen LogP contribution in [-0.4, -0.2) is 4.98 Å². The molecule has 5 heteroatoms. The van der Waals surface area contributed by atoms with E-state index in [2.05, 4.69) is 4.98 Å². The first-order chi connectivity index (χ1) is 7.75. The van der Waals surface area contributed by atoms with E-state index in [1.165, 1.54) is 11.3 Å². The Morgan fingerprint density at radius 2 is 2.12 bits per heavy atom. The van der Waals surface area contributed by atoms with E-state index in [0.29, 0.717) is 5.13 Å². The van der Waals surface area contributed by atoms with E-state index >= 15 is 0 Å². The molecule has 0 fully saturated rings. The first-order valence-electron chi connectivity index (χ1n) is 4.77. The van der Waals surface area contributed by atoms with E-state index < -0.39 is 0 Å². The highest BCUT2D eigenvalue weighted by Crippen LogP contribution is 2.24. The zero-order valence-corrected chi connectivity index (χ0v) is 10.9. The van der Waals surface area contributed by atoms with Crippen LogP contribution in [0.1, 0.15) is 11.3 Å². The minimum absolute atomic E-state index is 0.633. The Bertz CT molecular complexity index is 471. The number of nitrogen functional groups attached to an aromatic ring is 1. The lowest BCUT2D eigenvalue weighted by Gasteiger charge is -2.02. The number of thioether (sulfide) groups is 1. The smallest absolute Gasteiger partial charge is 0.180 e. The molecule has 2 rings (SSSR count). The summed E-state index contributed by atoms with van der Waals surface area (Å²) in [7, 11) is 0. The summed E-state index contributed by atoms with van der Waals surface area (Å²) in [5.41, 5.74) is 7.77. The average Bonchev–Trinajstić information content (AvgIpc) is 2.67. The van der Waals surface area contributed by atoms with Gasteiger partial charge in [-0.3, -0.25) is 0 Å². The molecule has 2 aromatic rings. The fourth-order valence-electron chi connectivity index (χ4n) is 1.27. The quantitative estimate of drug-likeness (QED) is 0.918. The maximum absolute atomic E-state index is 6.06. The van der Waals surface area contributed by atoms with Gasteiger partial charge in [0.2, 0.25) is 0 Å². The molecular weight excluding hydrogens is 260 g/mol. The van der Waals surface area contributed by atoms with Crippen molar-refractivity contribution in [1.82, 2.24) is 4.98 Å². The van der Waals surface area contributed by atoms with Gasteiger partial charge in [0.1, 0.15) is 0 Å². The van der Waals surface area contributed by atoms with Gasteiger partial charge in [-0.25, -0.2) is 4.98 Å². The Hall–Kier alpha value is -0.710. The predicted octanol–water partition coefficient (Wildman–Crippen LogP) is 3.81. The van der Waals surface area contributed by atoms with Crippen LogP contribution in [0.25, 0.3) is 0 Å². The van der Waals surface area contributed by atoms with Crippen molar-refractivity contribution in [3.63, 3.8) is 0 Å². The third-order valence-electron chi connectivity index (χ3n) is 2.03. The molecule has 1 heterocycles. The van der Waals surface area contributed by atoms with Crippen molar-refractivity contribution < 1.29 is 0 Å². The van der Waals surface area contributed by atoms with E-state index in [1.54, 1.807) is 11.8 Å². The van der Waals surface area contributed by atoms with Gasteiger partial charge in [0.05, 0.1) is 5.69 Å². The largest absolute Gasteiger partial charge is 0.375 e. The van der Waals surface area contributed by atoms with Crippen molar-refractivity contribution in [3.8, 4) is 0 Å². The Morgan fingerprint density at radius 3 is 2.81 bits per heavy atom. The Kier molecular flexibility index (Phi) is 4.09. The van der Waals surface area contributed by atoms with Crippen LogP contribution >= 0.6 is 34.7 Å². The van der Waals surface area contributed by atoms with E-state index in [4.69, 9.17) is 17.3 Å². The Balaban J connectivity index is 1.87. The maximum atomic E-state index is 6.06. The van der Waals surface area contributed by atoms with E-state index in [1.807, 2.05) is 29.6 Å². The second-order valence-electron chi connectivity index (χ2n) is 3.26. The topological polar surface area (TPSA) is 38.9 Å². The molecule has 1 aromatic heterocycles. The number of benzene rings is 1. The first kappa shape index (κ1) is 11.8. The average molecular weight is 271 g/mol. The van der Waals surface area contributed by atoms with Crippen molar-refractivity contribution in [2.24, 2.45) is 0 Å². The van der Waals surface area contributed by atoms with Gasteiger partial charge in [-0.1, -0.05) is 29.8 Å². The zero-order valence-electron chi connectivity index (χ0n) is 8.52. The zero-order chi connectivity index (χ0) is 11.4. The maximum Gasteiger partial charge on any atom is 0.180 e. The molecule has 84 valence electrons. The summed E-state index contributed by atoms with van der Waals surface area (Å²) in [6.45, 7) is 0. The molecule has 0 saturated carbocycles. The molecule has 0 aliphatic heterocycles. The number of halogens is 1. The minimum Gasteiger partial charge on any atom is -0.375 e. The number of nitrogens with zero attached hydrogens (tertiary/aromatic N) is 1. The molecule has 0 atom stereocenters. The van der Waals surface area contributed by atoms with Crippen molar-refractivity contribution in [2.45, 2.75) is 11.5 Å². The molecule has 0 radical (unpaired) electrons. The van der Waals surface area contributed by atoms with E-state index in [9.17, 15) is 0 Å². The summed E-state index contributed by atoms with van der Waals surface area (Å²) in [6, 6.07) is 7.91. The van der Waals surface area contributed by atoms with Crippen LogP contribution in [0.3, 0.4) is 0 Å². The number of hydrogen-bond donors (Lipinski definition) is 1. The summed E-state index contributed by atoms with van der Waals surface area (Å²) < 4.78 is 0. The highest BCUT2D eigenvalue weighted by atomic mass is 35.5. The number of aromatic nitrogens is 1. The fraction of sp³-hybridized carbons (Fsp3) is 0.182. The van der Waals surface area contributed by atoms with Crippen molar-refractivity contribution in [2.75, 3.05) is 5.73 Å². The number of anilines is 1. The van der Waals surface area contributed by atoms with Gasteiger partial charge in [-0.15, -0.1) is 11.3 Å². The van der Waals surface area contributed by atoms with Crippen molar-refractivity contribution in [1.29, 1.82) is 0 Å². The first-order valence-corrected chi connectivity index (χ1v) is 7.18. The number of thiazole rings is 1. The monoisotopic (exact) mass is 270 g/mol. The molecular formula is C11H11ClN2S2. The molecule has 1 aromatic carbocycles. The highest BCUT2D eigenvalue weighted by Gasteiger charge is 2.01. The molecule has 0 saturated heterocycles. The standard InChI is InChI=1S/C11H11ClN2S2/c12-10-4-2-1-3-8(10)5-15-6-9-7-16-11(13)14-9/h1-4,7H,5-6H2,(H2,13,14). The van der Waals surface area contributed by atoms with Crippen LogP contribution in [0.15, 0.2) is 29.6 Å². The number of rotatable bonds is 4. The normalized spacial score (nSPS) is 10.6. The summed E-state index contributed by atoms with van der Waals surface area (Å²) in [5, 5.41) is 3.45. The van der Waals surface area contributed by atoms with Gasteiger partial charge in [-0.2, -0.15) is 11.8 Å². The number of nitrogens with two attached hydrogens (primary N) is 1. The van der Waals surface area contributed by atoms with Gasteiger partial charge in [0.25, 0.3) is 0 Å². The molecule has 16 heavy (non-hydrogen) atoms. The van der Waals surface area contributed by atoms with Crippen LogP contribution in [0, 0.1) is 0 Å². The Labute approximate surface area is 108 Å². The predicted molar refractivity (Wildman–Crippen MR) is 73.0 cm³/mol. The Morgan fingerprint density at radius 1 is 1.31 bits per heavy atom. The second kappa shape index (κ2) is 5.57. The summed E-state index contributed by atoms with van der Waals surface area (Å²) >= 11 is 9.34. The molecule has 0 aliphatic carbocycles. The summed E-state index contributed by atoms with van der Waals surface area (Å²) in [4.78, 5) is 4.21. The van der Waals surface area contributed by atoms with Crippen molar-refractivity contribution in [3.05, 3.63) is 45.9 Å². The lowest BCUT2D eigenvalue weighted by Crippen LogP contribution is -1.86. The van der Waals surface area contributed by atoms with E-state index in [-0.39, 0.29) is 0 Å². The molecule has 0 amide bonds. The van der Waals surface area contributed by atoms with Gasteiger partial charge < -0.3 is 5.73 Å². The SMILES string of the molecule is Nc1nc(CSCc2ccccc2Cl)cs1. The van der Waals surface area contributed by atoms with Crippen molar-refractivity contribution >= 4 is 39.8 Å². The number of hydrogen-bond acceptors (Lipinski definition) is 4. The van der Waals surface area contributed by atoms with E-state index in [0.717, 1.165) is 27.8 Å². The van der Waals surface area contributed by atoms with Gasteiger partial charge in [0.15, 0.2) is 5.13 Å². The van der Waals surface area contributed by atoms with Crippen LogP contribution in [0.4, 0.5) is 5.13 Å². The summed E-state index contributed by atoms with van der Waals surface area (Å²) in [6.07, 6.45) is 0. The third kappa shape index (κ3) is 3.14. The third-order valence-corrected chi connectivity index (χ3v) is 4.14. The molecule has 2 N–H and O–H groups in total. The van der Waals surface area contributed by atoms with Gasteiger partial charge in [-0.05, 0) is 11.6 Å². The fourth-order valence-corrected chi connectivity index (χ4v) is 3.15. The molecule has 0 spiro atoms. The minimum atomic E-state index is 0.633. The highest BCUT2D eigenvalue weighted by molar-refractivity contribution is 7.97. The summed E-state index contributed by atoms with van der Waals surface area (Å²) in [5.74, 6) is 1.77. The molecule has 2 nitrogen and oxygen atoms in total. The van der Waals surface area contributed by atoms with Crippen LogP contribution in [-0.2, 0) is 11.5 Å². The lowest BCUT2D eigenvalue weighted by molar-refractivity contribution is 1.23. The van der Waals surface area contributed by atoms with Crippen LogP contribution < -0.4 is 5.73 Å². The molecule has 0 unspecified atom stereocenters. The van der Waals surface area contributed by atoms with Gasteiger partial charge in [0, 0.05) is 21.9 Å².